The molecule has 0 radical (unpaired) electrons. The monoisotopic (exact) mass is 282 g/mol. The second kappa shape index (κ2) is 5.52. The predicted octanol–water partition coefficient (Wildman–Crippen LogP) is 0.0364. The molecule has 7 nitrogen and oxygen atoms in total. The van der Waals surface area contributed by atoms with Gasteiger partial charge in [0.05, 0.1) is 19.2 Å². The Morgan fingerprint density at radius 2 is 2.42 bits per heavy atom. The molecule has 1 unspecified atom stereocenters. The number of ether oxygens (including phenoxy) is 1. The summed E-state index contributed by atoms with van der Waals surface area (Å²) in [6.45, 7) is 0.488. The summed E-state index contributed by atoms with van der Waals surface area (Å²) in [7, 11) is -2.06. The van der Waals surface area contributed by atoms with Gasteiger partial charge in [0.2, 0.25) is 10.0 Å². The lowest BCUT2D eigenvalue weighted by Crippen LogP contribution is -2.45. The summed E-state index contributed by atoms with van der Waals surface area (Å²) in [6.07, 6.45) is 0.792. The van der Waals surface area contributed by atoms with Crippen LogP contribution in [0.4, 0.5) is 5.82 Å². The third-order valence-electron chi connectivity index (χ3n) is 2.80. The van der Waals surface area contributed by atoms with E-state index in [1.165, 1.54) is 16.6 Å². The molecule has 1 aromatic rings. The molecule has 2 heterocycles. The van der Waals surface area contributed by atoms with Crippen molar-refractivity contribution in [2.24, 2.45) is 0 Å². The molecule has 1 fully saturated rings. The number of pyridine rings is 1. The molecule has 1 aliphatic rings. The Morgan fingerprint density at radius 3 is 3.11 bits per heavy atom. The third-order valence-corrected chi connectivity index (χ3v) is 4.70. The quantitative estimate of drug-likeness (QED) is 0.840. The number of nitrogens with zero attached hydrogens (tertiary/aromatic N) is 3. The first kappa shape index (κ1) is 13.7. The normalized spacial score (nSPS) is 20.7. The van der Waals surface area contributed by atoms with E-state index in [0.29, 0.717) is 5.82 Å². The molecule has 0 aliphatic carbocycles. The van der Waals surface area contributed by atoms with Crippen molar-refractivity contribution in [2.75, 3.05) is 32.1 Å². The van der Waals surface area contributed by atoms with Crippen LogP contribution < -0.4 is 5.32 Å². The zero-order chi connectivity index (χ0) is 13.9. The molecule has 0 spiro atoms. The van der Waals surface area contributed by atoms with Gasteiger partial charge in [0.15, 0.2) is 6.10 Å². The van der Waals surface area contributed by atoms with Gasteiger partial charge in [0.1, 0.15) is 10.7 Å². The van der Waals surface area contributed by atoms with Gasteiger partial charge in [0.25, 0.3) is 0 Å². The Balaban J connectivity index is 2.34. The fraction of sp³-hybridized carbons (Fsp3) is 0.455. The van der Waals surface area contributed by atoms with Gasteiger partial charge in [-0.25, -0.2) is 13.4 Å². The minimum Gasteiger partial charge on any atom is -0.372 e. The molecule has 0 saturated carbocycles. The fourth-order valence-corrected chi connectivity index (χ4v) is 3.42. The van der Waals surface area contributed by atoms with Gasteiger partial charge in [0, 0.05) is 19.8 Å². The molecule has 19 heavy (non-hydrogen) atoms. The van der Waals surface area contributed by atoms with Gasteiger partial charge in [-0.1, -0.05) is 0 Å². The first-order chi connectivity index (χ1) is 9.09. The number of anilines is 1. The Hall–Kier alpha value is -1.69. The van der Waals surface area contributed by atoms with Crippen LogP contribution in [-0.2, 0) is 14.8 Å². The van der Waals surface area contributed by atoms with Crippen LogP contribution in [0.25, 0.3) is 0 Å². The molecule has 1 N–H and O–H groups in total. The van der Waals surface area contributed by atoms with Crippen molar-refractivity contribution in [3.05, 3.63) is 18.3 Å². The largest absolute Gasteiger partial charge is 0.372 e. The van der Waals surface area contributed by atoms with Gasteiger partial charge in [-0.3, -0.25) is 0 Å². The maximum atomic E-state index is 12.5. The van der Waals surface area contributed by atoms with Crippen LogP contribution in [-0.4, -0.2) is 50.6 Å². The van der Waals surface area contributed by atoms with Crippen molar-refractivity contribution in [3.63, 3.8) is 0 Å². The number of morpholine rings is 1. The van der Waals surface area contributed by atoms with Crippen molar-refractivity contribution in [2.45, 2.75) is 11.0 Å². The second-order valence-corrected chi connectivity index (χ2v) is 5.86. The molecule has 0 amide bonds. The predicted molar refractivity (Wildman–Crippen MR) is 67.9 cm³/mol. The number of rotatable bonds is 3. The fourth-order valence-electron chi connectivity index (χ4n) is 1.85. The highest BCUT2D eigenvalue weighted by atomic mass is 32.2. The lowest BCUT2D eigenvalue weighted by molar-refractivity contribution is 0.0311. The van der Waals surface area contributed by atoms with Crippen LogP contribution in [0, 0.1) is 11.3 Å². The van der Waals surface area contributed by atoms with Crippen molar-refractivity contribution < 1.29 is 13.2 Å². The summed E-state index contributed by atoms with van der Waals surface area (Å²) in [4.78, 5) is 4.09. The zero-order valence-corrected chi connectivity index (χ0v) is 11.2. The average Bonchev–Trinajstić information content (AvgIpc) is 2.47. The first-order valence-electron chi connectivity index (χ1n) is 5.73. The van der Waals surface area contributed by atoms with Crippen LogP contribution in [0.1, 0.15) is 0 Å². The molecule has 0 bridgehead atoms. The highest BCUT2D eigenvalue weighted by Gasteiger charge is 2.32. The lowest BCUT2D eigenvalue weighted by atomic mass is 10.3. The molecular formula is C11H14N4O3S. The Bertz CT molecular complexity index is 596. The molecule has 1 saturated heterocycles. The number of sulfonamides is 1. The van der Waals surface area contributed by atoms with Gasteiger partial charge < -0.3 is 10.1 Å². The number of nitriles is 1. The third kappa shape index (κ3) is 2.68. The summed E-state index contributed by atoms with van der Waals surface area (Å²) in [5, 5.41) is 11.6. The standard InChI is InChI=1S/C11H14N4O3S/c1-13-11-10(3-2-4-14-11)19(16,17)15-5-6-18-9(7-12)8-15/h2-4,9H,5-6,8H2,1H3,(H,13,14). The molecule has 1 aromatic heterocycles. The second-order valence-electron chi connectivity index (χ2n) is 3.95. The number of nitrogens with one attached hydrogen (secondary N) is 1. The number of aromatic nitrogens is 1. The zero-order valence-electron chi connectivity index (χ0n) is 10.4. The Kier molecular flexibility index (Phi) is 3.99. The summed E-state index contributed by atoms with van der Waals surface area (Å²) in [6, 6.07) is 4.98. The van der Waals surface area contributed by atoms with Crippen LogP contribution >= 0.6 is 0 Å². The van der Waals surface area contributed by atoms with E-state index in [0.717, 1.165) is 0 Å². The first-order valence-corrected chi connectivity index (χ1v) is 7.17. The molecule has 1 atom stereocenters. The summed E-state index contributed by atoms with van der Waals surface area (Å²) >= 11 is 0. The number of hydrogen-bond donors (Lipinski definition) is 1. The summed E-state index contributed by atoms with van der Waals surface area (Å²) < 4.78 is 31.4. The maximum Gasteiger partial charge on any atom is 0.246 e. The average molecular weight is 282 g/mol. The van der Waals surface area contributed by atoms with Gasteiger partial charge in [-0.05, 0) is 12.1 Å². The van der Waals surface area contributed by atoms with E-state index >= 15 is 0 Å². The highest BCUT2D eigenvalue weighted by Crippen LogP contribution is 2.23. The van der Waals surface area contributed by atoms with E-state index in [4.69, 9.17) is 10.00 Å². The maximum absolute atomic E-state index is 12.5. The van der Waals surface area contributed by atoms with E-state index in [1.807, 2.05) is 6.07 Å². The van der Waals surface area contributed by atoms with Crippen molar-refractivity contribution in [1.82, 2.24) is 9.29 Å². The van der Waals surface area contributed by atoms with E-state index in [2.05, 4.69) is 10.3 Å². The Labute approximate surface area is 111 Å². The topological polar surface area (TPSA) is 95.3 Å². The minimum atomic E-state index is -3.67. The molecule has 1 aliphatic heterocycles. The van der Waals surface area contributed by atoms with E-state index in [9.17, 15) is 8.42 Å². The SMILES string of the molecule is CNc1ncccc1S(=O)(=O)N1CCOC(C#N)C1. The molecule has 2 rings (SSSR count). The molecular weight excluding hydrogens is 268 g/mol. The van der Waals surface area contributed by atoms with Crippen LogP contribution in [0.2, 0.25) is 0 Å². The molecule has 8 heteroatoms. The van der Waals surface area contributed by atoms with E-state index < -0.39 is 16.1 Å². The molecule has 0 aromatic carbocycles. The van der Waals surface area contributed by atoms with Gasteiger partial charge >= 0.3 is 0 Å². The van der Waals surface area contributed by atoms with Crippen LogP contribution in [0.3, 0.4) is 0 Å². The van der Waals surface area contributed by atoms with Crippen molar-refractivity contribution in [3.8, 4) is 6.07 Å². The van der Waals surface area contributed by atoms with Crippen molar-refractivity contribution >= 4 is 15.8 Å². The number of hydrogen-bond acceptors (Lipinski definition) is 6. The van der Waals surface area contributed by atoms with Gasteiger partial charge in [-0.15, -0.1) is 0 Å². The van der Waals surface area contributed by atoms with E-state index in [-0.39, 0.29) is 24.6 Å². The highest BCUT2D eigenvalue weighted by molar-refractivity contribution is 7.89. The van der Waals surface area contributed by atoms with Crippen LogP contribution in [0.5, 0.6) is 0 Å². The van der Waals surface area contributed by atoms with E-state index in [1.54, 1.807) is 13.1 Å². The van der Waals surface area contributed by atoms with Gasteiger partial charge in [-0.2, -0.15) is 9.57 Å². The Morgan fingerprint density at radius 1 is 1.63 bits per heavy atom. The van der Waals surface area contributed by atoms with Crippen molar-refractivity contribution in [1.29, 1.82) is 5.26 Å². The minimum absolute atomic E-state index is 0.0386. The lowest BCUT2D eigenvalue weighted by Gasteiger charge is -2.29. The molecule has 102 valence electrons. The summed E-state index contributed by atoms with van der Waals surface area (Å²) in [5.41, 5.74) is 0. The summed E-state index contributed by atoms with van der Waals surface area (Å²) in [5.74, 6) is 0.294. The van der Waals surface area contributed by atoms with Crippen LogP contribution in [0.15, 0.2) is 23.2 Å². The smallest absolute Gasteiger partial charge is 0.246 e.